The van der Waals surface area contributed by atoms with Crippen molar-refractivity contribution in [3.8, 4) is 11.3 Å². The van der Waals surface area contributed by atoms with Crippen LogP contribution in [0.2, 0.25) is 0 Å². The third kappa shape index (κ3) is 6.55. The molecule has 0 bridgehead atoms. The highest BCUT2D eigenvalue weighted by atomic mass is 16.5. The standard InChI is InChI=1S/C26H31N7O3/c1-36-17-11-25(35)33-15-13-32(14-16-33)22-8-6-21(7-9-22)30-26-28-12-10-23(31-26)19-2-4-20(5-3-19)29-24(34)18-27/h2-10,12H,11,13-18,27H2,1H3,(H,29,34)(H,28,30,31). The molecule has 1 aromatic heterocycles. The second-order valence-corrected chi connectivity index (χ2v) is 8.38. The summed E-state index contributed by atoms with van der Waals surface area (Å²) in [6, 6.07) is 17.3. The molecule has 3 aromatic rings. The summed E-state index contributed by atoms with van der Waals surface area (Å²) in [4.78, 5) is 36.8. The van der Waals surface area contributed by atoms with Gasteiger partial charge in [-0.2, -0.15) is 0 Å². The van der Waals surface area contributed by atoms with E-state index in [0.29, 0.717) is 37.8 Å². The zero-order valence-corrected chi connectivity index (χ0v) is 20.3. The van der Waals surface area contributed by atoms with Crippen LogP contribution in [0.5, 0.6) is 0 Å². The Labute approximate surface area is 210 Å². The number of nitrogens with zero attached hydrogens (tertiary/aromatic N) is 4. The van der Waals surface area contributed by atoms with Crippen molar-refractivity contribution in [3.63, 3.8) is 0 Å². The van der Waals surface area contributed by atoms with Gasteiger partial charge >= 0.3 is 0 Å². The lowest BCUT2D eigenvalue weighted by atomic mass is 10.1. The predicted octanol–water partition coefficient (Wildman–Crippen LogP) is 2.47. The Kier molecular flexibility index (Phi) is 8.43. The Morgan fingerprint density at radius 3 is 2.33 bits per heavy atom. The van der Waals surface area contributed by atoms with Gasteiger partial charge in [-0.1, -0.05) is 12.1 Å². The number of carbonyl (C=O) groups excluding carboxylic acids is 2. The number of hydrogen-bond donors (Lipinski definition) is 3. The smallest absolute Gasteiger partial charge is 0.238 e. The third-order valence-electron chi connectivity index (χ3n) is 5.95. The van der Waals surface area contributed by atoms with Gasteiger partial charge in [0.2, 0.25) is 17.8 Å². The molecule has 36 heavy (non-hydrogen) atoms. The van der Waals surface area contributed by atoms with E-state index < -0.39 is 0 Å². The molecule has 0 spiro atoms. The van der Waals surface area contributed by atoms with Crippen molar-refractivity contribution in [2.75, 3.05) is 62.0 Å². The first kappa shape index (κ1) is 25.1. The Bertz CT molecular complexity index is 1160. The molecule has 0 aliphatic carbocycles. The summed E-state index contributed by atoms with van der Waals surface area (Å²) in [5, 5.41) is 5.98. The summed E-state index contributed by atoms with van der Waals surface area (Å²) in [6.07, 6.45) is 2.13. The molecule has 2 heterocycles. The fraction of sp³-hybridized carbons (Fsp3) is 0.308. The van der Waals surface area contributed by atoms with Gasteiger partial charge in [0.05, 0.1) is 25.3 Å². The molecule has 0 saturated carbocycles. The fourth-order valence-electron chi connectivity index (χ4n) is 3.96. The van der Waals surface area contributed by atoms with Crippen molar-refractivity contribution in [2.24, 2.45) is 5.73 Å². The van der Waals surface area contributed by atoms with Gasteiger partial charge in [0.1, 0.15) is 0 Å². The van der Waals surface area contributed by atoms with Crippen molar-refractivity contribution in [1.29, 1.82) is 0 Å². The van der Waals surface area contributed by atoms with E-state index in [2.05, 4.69) is 37.6 Å². The average Bonchev–Trinajstić information content (AvgIpc) is 2.93. The molecule has 188 valence electrons. The van der Waals surface area contributed by atoms with E-state index in [-0.39, 0.29) is 18.4 Å². The molecule has 2 amide bonds. The molecule has 0 atom stereocenters. The van der Waals surface area contributed by atoms with Gasteiger partial charge < -0.3 is 30.9 Å². The first-order valence-corrected chi connectivity index (χ1v) is 11.9. The van der Waals surface area contributed by atoms with E-state index in [0.717, 1.165) is 35.7 Å². The predicted molar refractivity (Wildman–Crippen MR) is 140 cm³/mol. The highest BCUT2D eigenvalue weighted by Crippen LogP contribution is 2.24. The van der Waals surface area contributed by atoms with Crippen LogP contribution in [0.1, 0.15) is 6.42 Å². The number of nitrogens with two attached hydrogens (primary N) is 1. The van der Waals surface area contributed by atoms with E-state index in [1.54, 1.807) is 13.3 Å². The first-order chi connectivity index (χ1) is 17.6. The normalized spacial score (nSPS) is 13.4. The highest BCUT2D eigenvalue weighted by Gasteiger charge is 2.21. The highest BCUT2D eigenvalue weighted by molar-refractivity contribution is 5.92. The van der Waals surface area contributed by atoms with Gasteiger partial charge in [0.15, 0.2) is 0 Å². The number of amides is 2. The summed E-state index contributed by atoms with van der Waals surface area (Å²) < 4.78 is 5.01. The quantitative estimate of drug-likeness (QED) is 0.419. The summed E-state index contributed by atoms with van der Waals surface area (Å²) in [7, 11) is 1.61. The van der Waals surface area contributed by atoms with Crippen molar-refractivity contribution in [1.82, 2.24) is 14.9 Å². The van der Waals surface area contributed by atoms with Crippen LogP contribution in [0.15, 0.2) is 60.8 Å². The fourth-order valence-corrected chi connectivity index (χ4v) is 3.96. The monoisotopic (exact) mass is 489 g/mol. The average molecular weight is 490 g/mol. The number of methoxy groups -OCH3 is 1. The number of benzene rings is 2. The van der Waals surface area contributed by atoms with Crippen molar-refractivity contribution in [3.05, 3.63) is 60.8 Å². The van der Waals surface area contributed by atoms with Crippen LogP contribution >= 0.6 is 0 Å². The second kappa shape index (κ2) is 12.1. The molecule has 0 unspecified atom stereocenters. The Morgan fingerprint density at radius 2 is 1.67 bits per heavy atom. The van der Waals surface area contributed by atoms with Crippen molar-refractivity contribution in [2.45, 2.75) is 6.42 Å². The van der Waals surface area contributed by atoms with Gasteiger partial charge in [-0.15, -0.1) is 0 Å². The molecule has 10 nitrogen and oxygen atoms in total. The molecular formula is C26H31N7O3. The van der Waals surface area contributed by atoms with Crippen LogP contribution in [0.4, 0.5) is 23.0 Å². The lowest BCUT2D eigenvalue weighted by molar-refractivity contribution is -0.132. The minimum absolute atomic E-state index is 0.0589. The van der Waals surface area contributed by atoms with Crippen LogP contribution < -0.4 is 21.3 Å². The Morgan fingerprint density at radius 1 is 0.972 bits per heavy atom. The number of carbonyl (C=O) groups is 2. The number of aromatic nitrogens is 2. The van der Waals surface area contributed by atoms with E-state index in [9.17, 15) is 9.59 Å². The molecule has 0 radical (unpaired) electrons. The third-order valence-corrected chi connectivity index (χ3v) is 5.95. The molecule has 10 heteroatoms. The lowest BCUT2D eigenvalue weighted by Crippen LogP contribution is -2.49. The SMILES string of the molecule is COCCC(=O)N1CCN(c2ccc(Nc3nccc(-c4ccc(NC(=O)CN)cc4)n3)cc2)CC1. The van der Waals surface area contributed by atoms with Crippen LogP contribution in [-0.2, 0) is 14.3 Å². The van der Waals surface area contributed by atoms with Gasteiger partial charge in [-0.3, -0.25) is 9.59 Å². The minimum atomic E-state index is -0.238. The summed E-state index contributed by atoms with van der Waals surface area (Å²) >= 11 is 0. The molecular weight excluding hydrogens is 458 g/mol. The maximum absolute atomic E-state index is 12.2. The Hall–Kier alpha value is -4.02. The van der Waals surface area contributed by atoms with Crippen LogP contribution in [0.3, 0.4) is 0 Å². The molecule has 4 rings (SSSR count). The zero-order valence-electron chi connectivity index (χ0n) is 20.3. The minimum Gasteiger partial charge on any atom is -0.384 e. The first-order valence-electron chi connectivity index (χ1n) is 11.9. The van der Waals surface area contributed by atoms with Crippen molar-refractivity contribution >= 4 is 34.8 Å². The van der Waals surface area contributed by atoms with Gasteiger partial charge in [0.25, 0.3) is 0 Å². The molecule has 4 N–H and O–H groups in total. The van der Waals surface area contributed by atoms with Gasteiger partial charge in [-0.05, 0) is 42.5 Å². The largest absolute Gasteiger partial charge is 0.384 e. The molecule has 1 saturated heterocycles. The summed E-state index contributed by atoms with van der Waals surface area (Å²) in [5.41, 5.74) is 9.68. The number of hydrogen-bond acceptors (Lipinski definition) is 8. The molecule has 2 aromatic carbocycles. The summed E-state index contributed by atoms with van der Waals surface area (Å²) in [6.45, 7) is 3.42. The van der Waals surface area contributed by atoms with Crippen LogP contribution in [0.25, 0.3) is 11.3 Å². The Balaban J connectivity index is 1.34. The van der Waals surface area contributed by atoms with Gasteiger partial charge in [-0.25, -0.2) is 9.97 Å². The number of rotatable bonds is 9. The number of nitrogens with one attached hydrogen (secondary N) is 2. The topological polar surface area (TPSA) is 126 Å². The number of piperazine rings is 1. The maximum Gasteiger partial charge on any atom is 0.238 e. The summed E-state index contributed by atoms with van der Waals surface area (Å²) in [5.74, 6) is 0.397. The second-order valence-electron chi connectivity index (χ2n) is 8.38. The lowest BCUT2D eigenvalue weighted by Gasteiger charge is -2.36. The molecule has 1 aliphatic rings. The number of ether oxygens (including phenoxy) is 1. The van der Waals surface area contributed by atoms with E-state index in [1.165, 1.54) is 0 Å². The van der Waals surface area contributed by atoms with E-state index in [4.69, 9.17) is 10.5 Å². The van der Waals surface area contributed by atoms with E-state index in [1.807, 2.05) is 47.4 Å². The van der Waals surface area contributed by atoms with Gasteiger partial charge in [0, 0.05) is 62.1 Å². The molecule has 1 aliphatic heterocycles. The van der Waals surface area contributed by atoms with Crippen LogP contribution in [-0.4, -0.2) is 73.1 Å². The van der Waals surface area contributed by atoms with Crippen LogP contribution in [0, 0.1) is 0 Å². The molecule has 1 fully saturated rings. The van der Waals surface area contributed by atoms with E-state index >= 15 is 0 Å². The number of anilines is 4. The zero-order chi connectivity index (χ0) is 25.3. The maximum atomic E-state index is 12.2. The van der Waals surface area contributed by atoms with Crippen molar-refractivity contribution < 1.29 is 14.3 Å².